The van der Waals surface area contributed by atoms with Gasteiger partial charge in [0, 0.05) is 25.7 Å². The van der Waals surface area contributed by atoms with E-state index in [0.717, 1.165) is 0 Å². The summed E-state index contributed by atoms with van der Waals surface area (Å²) in [6, 6.07) is -1.02. The number of aliphatic imine (C=N–C) groups is 1. The molecule has 0 aliphatic carbocycles. The van der Waals surface area contributed by atoms with Gasteiger partial charge >= 0.3 is 0 Å². The first kappa shape index (κ1) is 22.5. The second-order valence-corrected chi connectivity index (χ2v) is 7.31. The Labute approximate surface area is 174 Å². The lowest BCUT2D eigenvalue weighted by Gasteiger charge is -2.20. The predicted molar refractivity (Wildman–Crippen MR) is 114 cm³/mol. The Kier molecular flexibility index (Phi) is 7.23. The molecule has 4 N–H and O–H groups in total. The highest BCUT2D eigenvalue weighted by Gasteiger charge is 2.26. The van der Waals surface area contributed by atoms with Crippen molar-refractivity contribution >= 4 is 35.1 Å². The van der Waals surface area contributed by atoms with Crippen LogP contribution >= 0.6 is 0 Å². The van der Waals surface area contributed by atoms with Crippen molar-refractivity contribution in [2.75, 3.05) is 19.4 Å². The molecule has 2 aromatic rings. The van der Waals surface area contributed by atoms with Crippen molar-refractivity contribution in [2.45, 2.75) is 32.2 Å². The van der Waals surface area contributed by atoms with Crippen LogP contribution in [0.3, 0.4) is 0 Å². The van der Waals surface area contributed by atoms with Crippen molar-refractivity contribution in [2.24, 2.45) is 4.99 Å². The fourth-order valence-corrected chi connectivity index (χ4v) is 2.35. The van der Waals surface area contributed by atoms with E-state index in [1.54, 1.807) is 12.4 Å². The molecule has 0 bridgehead atoms. The number of hydrogen-bond acceptors (Lipinski definition) is 9. The Balaban J connectivity index is 2.43. The molecular weight excluding hydrogens is 386 g/mol. The van der Waals surface area contributed by atoms with Crippen LogP contribution in [0, 0.1) is 5.41 Å². The van der Waals surface area contributed by atoms with Gasteiger partial charge < -0.3 is 16.0 Å². The molecule has 11 nitrogen and oxygen atoms in total. The molecule has 2 aromatic heterocycles. The zero-order valence-electron chi connectivity index (χ0n) is 17.5. The van der Waals surface area contributed by atoms with Crippen LogP contribution in [-0.4, -0.2) is 63.8 Å². The smallest absolute Gasteiger partial charge is 0.273 e. The minimum Gasteiger partial charge on any atom is -0.354 e. The maximum atomic E-state index is 13.1. The van der Waals surface area contributed by atoms with Gasteiger partial charge in [0.2, 0.25) is 0 Å². The summed E-state index contributed by atoms with van der Waals surface area (Å²) in [5, 5.41) is 16.0. The molecule has 158 valence electrons. The second-order valence-electron chi connectivity index (χ2n) is 7.31. The molecule has 0 aliphatic rings. The quantitative estimate of drug-likeness (QED) is 0.492. The number of rotatable bonds is 7. The highest BCUT2D eigenvalue weighted by atomic mass is 16.2. The van der Waals surface area contributed by atoms with Gasteiger partial charge in [0.1, 0.15) is 23.9 Å². The Morgan fingerprint density at radius 2 is 1.87 bits per heavy atom. The summed E-state index contributed by atoms with van der Waals surface area (Å²) in [4.78, 5) is 45.4. The Hall–Kier alpha value is -3.76. The molecule has 0 aliphatic heterocycles. The molecule has 0 spiro atoms. The molecule has 30 heavy (non-hydrogen) atoms. The van der Waals surface area contributed by atoms with Crippen LogP contribution in [-0.2, 0) is 10.2 Å². The Morgan fingerprint density at radius 1 is 1.20 bits per heavy atom. The van der Waals surface area contributed by atoms with Crippen LogP contribution in [0.25, 0.3) is 0 Å². The van der Waals surface area contributed by atoms with Gasteiger partial charge in [-0.25, -0.2) is 19.9 Å². The number of nitrogens with one attached hydrogen (secondary N) is 4. The third-order valence-corrected chi connectivity index (χ3v) is 3.88. The van der Waals surface area contributed by atoms with Gasteiger partial charge in [-0.1, -0.05) is 20.8 Å². The van der Waals surface area contributed by atoms with E-state index in [2.05, 4.69) is 40.9 Å². The summed E-state index contributed by atoms with van der Waals surface area (Å²) in [6.45, 7) is 5.78. The van der Waals surface area contributed by atoms with E-state index in [-0.39, 0.29) is 11.4 Å². The van der Waals surface area contributed by atoms with Gasteiger partial charge in [0.05, 0.1) is 30.0 Å². The summed E-state index contributed by atoms with van der Waals surface area (Å²) in [5.41, 5.74) is 0.172. The Morgan fingerprint density at radius 3 is 2.43 bits per heavy atom. The zero-order chi connectivity index (χ0) is 22.3. The van der Waals surface area contributed by atoms with Crippen molar-refractivity contribution in [1.29, 1.82) is 5.41 Å². The molecule has 0 aromatic carbocycles. The molecule has 2 rings (SSSR count). The highest BCUT2D eigenvalue weighted by molar-refractivity contribution is 6.42. The first-order valence-electron chi connectivity index (χ1n) is 9.10. The second kappa shape index (κ2) is 9.63. The fourth-order valence-electron chi connectivity index (χ4n) is 2.35. The largest absolute Gasteiger partial charge is 0.354 e. The minimum atomic E-state index is -1.02. The van der Waals surface area contributed by atoms with Gasteiger partial charge in [0.25, 0.3) is 11.8 Å². The van der Waals surface area contributed by atoms with E-state index in [4.69, 9.17) is 5.41 Å². The highest BCUT2D eigenvalue weighted by Crippen LogP contribution is 2.23. The van der Waals surface area contributed by atoms with E-state index in [9.17, 15) is 9.59 Å². The lowest BCUT2D eigenvalue weighted by Crippen LogP contribution is -2.47. The average molecular weight is 411 g/mol. The number of nitrogens with zero attached hydrogens (tertiary/aromatic N) is 5. The normalized spacial score (nSPS) is 12.3. The van der Waals surface area contributed by atoms with Crippen molar-refractivity contribution in [1.82, 2.24) is 30.6 Å². The molecule has 0 saturated heterocycles. The summed E-state index contributed by atoms with van der Waals surface area (Å²) >= 11 is 0. The number of hydrogen-bond donors (Lipinski definition) is 4. The lowest BCUT2D eigenvalue weighted by atomic mass is 9.95. The van der Waals surface area contributed by atoms with Gasteiger partial charge in [-0.05, 0) is 0 Å². The van der Waals surface area contributed by atoms with Crippen molar-refractivity contribution in [3.05, 3.63) is 36.4 Å². The van der Waals surface area contributed by atoms with Crippen LogP contribution in [0.5, 0.6) is 0 Å². The number of carbonyl (C=O) groups excluding carboxylic acids is 2. The molecule has 0 radical (unpaired) electrons. The fraction of sp³-hybridized carbons (Fsp3) is 0.368. The monoisotopic (exact) mass is 411 g/mol. The maximum absolute atomic E-state index is 13.1. The number of amides is 2. The summed E-state index contributed by atoms with van der Waals surface area (Å²) < 4.78 is 0. The zero-order valence-corrected chi connectivity index (χ0v) is 17.5. The lowest BCUT2D eigenvalue weighted by molar-refractivity contribution is -0.114. The number of carbonyl (C=O) groups is 2. The molecule has 11 heteroatoms. The SMILES string of the molecule is CN=CC(NC(=O)c1nc(C(C)(C)C)ncc1Nc1cncnc1)C(=N)C(=O)NC. The molecule has 1 unspecified atom stereocenters. The predicted octanol–water partition coefficient (Wildman–Crippen LogP) is 0.872. The van der Waals surface area contributed by atoms with Crippen molar-refractivity contribution < 1.29 is 9.59 Å². The molecule has 0 saturated carbocycles. The summed E-state index contributed by atoms with van der Waals surface area (Å²) in [7, 11) is 2.89. The summed E-state index contributed by atoms with van der Waals surface area (Å²) in [6.07, 6.45) is 7.28. The van der Waals surface area contributed by atoms with E-state index >= 15 is 0 Å². The Bertz CT molecular complexity index is 952. The van der Waals surface area contributed by atoms with Crippen LogP contribution in [0.4, 0.5) is 11.4 Å². The number of aromatic nitrogens is 4. The third-order valence-electron chi connectivity index (χ3n) is 3.88. The van der Waals surface area contributed by atoms with Crippen LogP contribution in [0.15, 0.2) is 29.9 Å². The molecule has 1 atom stereocenters. The van der Waals surface area contributed by atoms with E-state index < -0.39 is 23.3 Å². The minimum absolute atomic E-state index is 0.0537. The van der Waals surface area contributed by atoms with E-state index in [1.165, 1.54) is 32.8 Å². The topological polar surface area (TPSA) is 158 Å². The standard InChI is InChI=1S/C19H25N9O2/c1-19(2,3)18-25-9-13(26-11-6-23-10-24-7-11)15(28-18)17(30)27-12(8-21-4)14(20)16(29)22-5/h6-10,12,20,26H,1-5H3,(H,22,29)(H,27,30). The molecule has 2 heterocycles. The number of anilines is 2. The van der Waals surface area contributed by atoms with Gasteiger partial charge in [-0.15, -0.1) is 0 Å². The molecule has 0 fully saturated rings. The van der Waals surface area contributed by atoms with Crippen molar-refractivity contribution in [3.8, 4) is 0 Å². The first-order valence-corrected chi connectivity index (χ1v) is 9.10. The maximum Gasteiger partial charge on any atom is 0.273 e. The van der Waals surface area contributed by atoms with Gasteiger partial charge in [0.15, 0.2) is 5.69 Å². The average Bonchev–Trinajstić information content (AvgIpc) is 2.72. The molecular formula is C19H25N9O2. The van der Waals surface area contributed by atoms with Crippen LogP contribution in [0.2, 0.25) is 0 Å². The van der Waals surface area contributed by atoms with Crippen LogP contribution in [0.1, 0.15) is 37.1 Å². The van der Waals surface area contributed by atoms with Crippen LogP contribution < -0.4 is 16.0 Å². The van der Waals surface area contributed by atoms with Gasteiger partial charge in [-0.3, -0.25) is 20.0 Å². The van der Waals surface area contributed by atoms with Gasteiger partial charge in [-0.2, -0.15) is 0 Å². The molecule has 2 amide bonds. The van der Waals surface area contributed by atoms with E-state index in [1.807, 2.05) is 20.8 Å². The third kappa shape index (κ3) is 5.63. The van der Waals surface area contributed by atoms with E-state index in [0.29, 0.717) is 17.2 Å². The van der Waals surface area contributed by atoms with Crippen molar-refractivity contribution in [3.63, 3.8) is 0 Å². The first-order chi connectivity index (χ1) is 14.2. The summed E-state index contributed by atoms with van der Waals surface area (Å²) in [5.74, 6) is -0.761.